The summed E-state index contributed by atoms with van der Waals surface area (Å²) < 4.78 is 0. The van der Waals surface area contributed by atoms with E-state index in [1.54, 1.807) is 0 Å². The molecule has 2 saturated carbocycles. The van der Waals surface area contributed by atoms with E-state index in [2.05, 4.69) is 10.6 Å². The first-order valence-electron chi connectivity index (χ1n) is 7.33. The molecule has 0 heterocycles. The van der Waals surface area contributed by atoms with Crippen molar-refractivity contribution in [3.05, 3.63) is 29.8 Å². The molecule has 0 spiro atoms. The maximum Gasteiger partial charge on any atom is 0.253 e. The number of para-hydroxylation sites is 1. The summed E-state index contributed by atoms with van der Waals surface area (Å²) >= 11 is 0. The van der Waals surface area contributed by atoms with Gasteiger partial charge in [-0.2, -0.15) is 0 Å². The highest BCUT2D eigenvalue weighted by atomic mass is 16.1. The molecule has 0 unspecified atom stereocenters. The lowest BCUT2D eigenvalue weighted by molar-refractivity contribution is 0.0942. The van der Waals surface area contributed by atoms with Gasteiger partial charge in [-0.05, 0) is 49.1 Å². The average molecular weight is 258 g/mol. The second-order valence-electron chi connectivity index (χ2n) is 5.94. The van der Waals surface area contributed by atoms with E-state index in [-0.39, 0.29) is 5.91 Å². The van der Waals surface area contributed by atoms with Crippen LogP contribution in [0.5, 0.6) is 0 Å². The van der Waals surface area contributed by atoms with Crippen LogP contribution < -0.4 is 10.6 Å². The Bertz CT molecular complexity index is 472. The lowest BCUT2D eigenvalue weighted by Gasteiger charge is -2.22. The standard InChI is InChI=1S/C16H22N2O/c1-17-15-5-3-2-4-14(15)16(19)18-10-13-9-11-6-7-12(13)8-11/h2-5,11-13,17H,6-10H2,1H3,(H,18,19)/t11-,12-,13+/m0/s1. The lowest BCUT2D eigenvalue weighted by atomic mass is 9.89. The second kappa shape index (κ2) is 5.24. The van der Waals surface area contributed by atoms with Crippen LogP contribution in [0.25, 0.3) is 0 Å². The van der Waals surface area contributed by atoms with Crippen molar-refractivity contribution in [1.29, 1.82) is 0 Å². The maximum absolute atomic E-state index is 12.2. The summed E-state index contributed by atoms with van der Waals surface area (Å²) in [5.41, 5.74) is 1.64. The van der Waals surface area contributed by atoms with Crippen molar-refractivity contribution in [3.8, 4) is 0 Å². The van der Waals surface area contributed by atoms with E-state index in [9.17, 15) is 4.79 Å². The molecule has 3 nitrogen and oxygen atoms in total. The van der Waals surface area contributed by atoms with Gasteiger partial charge in [-0.25, -0.2) is 0 Å². The highest BCUT2D eigenvalue weighted by Crippen LogP contribution is 2.47. The van der Waals surface area contributed by atoms with Crippen LogP contribution in [0.2, 0.25) is 0 Å². The second-order valence-corrected chi connectivity index (χ2v) is 5.94. The molecule has 0 aromatic heterocycles. The molecule has 0 aliphatic heterocycles. The van der Waals surface area contributed by atoms with Gasteiger partial charge in [0.15, 0.2) is 0 Å². The van der Waals surface area contributed by atoms with Crippen LogP contribution in [0.1, 0.15) is 36.0 Å². The monoisotopic (exact) mass is 258 g/mol. The highest BCUT2D eigenvalue weighted by Gasteiger charge is 2.39. The number of carbonyl (C=O) groups is 1. The molecule has 19 heavy (non-hydrogen) atoms. The third kappa shape index (κ3) is 2.46. The smallest absolute Gasteiger partial charge is 0.253 e. The summed E-state index contributed by atoms with van der Waals surface area (Å²) in [6.45, 7) is 0.845. The van der Waals surface area contributed by atoms with Gasteiger partial charge in [-0.1, -0.05) is 18.6 Å². The van der Waals surface area contributed by atoms with E-state index >= 15 is 0 Å². The normalized spacial score (nSPS) is 28.4. The number of carbonyl (C=O) groups excluding carboxylic acids is 1. The zero-order valence-corrected chi connectivity index (χ0v) is 11.5. The predicted octanol–water partition coefficient (Wildman–Crippen LogP) is 2.89. The average Bonchev–Trinajstić information content (AvgIpc) is 3.07. The Balaban J connectivity index is 1.59. The van der Waals surface area contributed by atoms with Crippen molar-refractivity contribution in [2.75, 3.05) is 18.9 Å². The van der Waals surface area contributed by atoms with Gasteiger partial charge in [0.05, 0.1) is 5.56 Å². The molecule has 0 saturated heterocycles. The molecule has 3 rings (SSSR count). The highest BCUT2D eigenvalue weighted by molar-refractivity contribution is 5.99. The van der Waals surface area contributed by atoms with E-state index in [4.69, 9.17) is 0 Å². The van der Waals surface area contributed by atoms with Gasteiger partial charge in [-0.15, -0.1) is 0 Å². The Hall–Kier alpha value is -1.51. The molecule has 2 N–H and O–H groups in total. The SMILES string of the molecule is CNc1ccccc1C(=O)NC[C@H]1C[C@H]2CC[C@H]1C2. The number of hydrogen-bond acceptors (Lipinski definition) is 2. The molecule has 1 amide bonds. The quantitative estimate of drug-likeness (QED) is 0.872. The molecule has 2 aliphatic rings. The number of hydrogen-bond donors (Lipinski definition) is 2. The Morgan fingerprint density at radius 3 is 2.79 bits per heavy atom. The predicted molar refractivity (Wildman–Crippen MR) is 77.3 cm³/mol. The Morgan fingerprint density at radius 1 is 1.26 bits per heavy atom. The van der Waals surface area contributed by atoms with Gasteiger partial charge in [-0.3, -0.25) is 4.79 Å². The molecule has 2 fully saturated rings. The fourth-order valence-corrected chi connectivity index (χ4v) is 3.84. The first-order valence-corrected chi connectivity index (χ1v) is 7.33. The molecular weight excluding hydrogens is 236 g/mol. The van der Waals surface area contributed by atoms with E-state index in [0.717, 1.165) is 29.6 Å². The van der Waals surface area contributed by atoms with E-state index in [1.807, 2.05) is 31.3 Å². The molecule has 3 heteroatoms. The summed E-state index contributed by atoms with van der Waals surface area (Å²) in [6.07, 6.45) is 5.50. The molecule has 2 aliphatic carbocycles. The Kier molecular flexibility index (Phi) is 3.45. The number of anilines is 1. The Labute approximate surface area is 114 Å². The van der Waals surface area contributed by atoms with Gasteiger partial charge in [0.1, 0.15) is 0 Å². The number of rotatable bonds is 4. The van der Waals surface area contributed by atoms with Crippen LogP contribution in [0.15, 0.2) is 24.3 Å². The number of fused-ring (bicyclic) bond motifs is 2. The van der Waals surface area contributed by atoms with Crippen molar-refractivity contribution >= 4 is 11.6 Å². The number of benzene rings is 1. The third-order valence-corrected chi connectivity index (χ3v) is 4.85. The molecule has 102 valence electrons. The van der Waals surface area contributed by atoms with Crippen LogP contribution in [-0.4, -0.2) is 19.5 Å². The zero-order valence-electron chi connectivity index (χ0n) is 11.5. The van der Waals surface area contributed by atoms with Crippen LogP contribution in [0.3, 0.4) is 0 Å². The lowest BCUT2D eigenvalue weighted by Crippen LogP contribution is -2.31. The van der Waals surface area contributed by atoms with Crippen LogP contribution in [0.4, 0.5) is 5.69 Å². The Morgan fingerprint density at radius 2 is 2.11 bits per heavy atom. The first-order chi connectivity index (χ1) is 9.28. The molecule has 0 radical (unpaired) electrons. The molecule has 3 atom stereocenters. The molecular formula is C16H22N2O. The minimum Gasteiger partial charge on any atom is -0.387 e. The van der Waals surface area contributed by atoms with Gasteiger partial charge >= 0.3 is 0 Å². The van der Waals surface area contributed by atoms with Gasteiger partial charge in [0.2, 0.25) is 0 Å². The minimum absolute atomic E-state index is 0.0488. The minimum atomic E-state index is 0.0488. The molecule has 1 aromatic rings. The van der Waals surface area contributed by atoms with Crippen molar-refractivity contribution in [1.82, 2.24) is 5.32 Å². The third-order valence-electron chi connectivity index (χ3n) is 4.85. The van der Waals surface area contributed by atoms with Gasteiger partial charge < -0.3 is 10.6 Å². The van der Waals surface area contributed by atoms with Crippen molar-refractivity contribution in [3.63, 3.8) is 0 Å². The molecule has 2 bridgehead atoms. The summed E-state index contributed by atoms with van der Waals surface area (Å²) in [7, 11) is 1.85. The van der Waals surface area contributed by atoms with Gasteiger partial charge in [0, 0.05) is 19.3 Å². The van der Waals surface area contributed by atoms with Crippen LogP contribution >= 0.6 is 0 Å². The maximum atomic E-state index is 12.2. The van der Waals surface area contributed by atoms with Crippen LogP contribution in [-0.2, 0) is 0 Å². The first kappa shape index (κ1) is 12.5. The van der Waals surface area contributed by atoms with Crippen LogP contribution in [0, 0.1) is 17.8 Å². The van der Waals surface area contributed by atoms with E-state index in [1.165, 1.54) is 25.7 Å². The summed E-state index contributed by atoms with van der Waals surface area (Å²) in [5.74, 6) is 2.57. The molecule has 1 aromatic carbocycles. The summed E-state index contributed by atoms with van der Waals surface area (Å²) in [6, 6.07) is 7.67. The van der Waals surface area contributed by atoms with E-state index < -0.39 is 0 Å². The fraction of sp³-hybridized carbons (Fsp3) is 0.562. The van der Waals surface area contributed by atoms with Crippen molar-refractivity contribution < 1.29 is 4.79 Å². The van der Waals surface area contributed by atoms with Crippen molar-refractivity contribution in [2.45, 2.75) is 25.7 Å². The van der Waals surface area contributed by atoms with E-state index in [0.29, 0.717) is 5.92 Å². The van der Waals surface area contributed by atoms with Gasteiger partial charge in [0.25, 0.3) is 5.91 Å². The zero-order chi connectivity index (χ0) is 13.2. The summed E-state index contributed by atoms with van der Waals surface area (Å²) in [4.78, 5) is 12.2. The number of amides is 1. The largest absolute Gasteiger partial charge is 0.387 e. The van der Waals surface area contributed by atoms with Crippen molar-refractivity contribution in [2.24, 2.45) is 17.8 Å². The summed E-state index contributed by atoms with van der Waals surface area (Å²) in [5, 5.41) is 6.19. The number of nitrogens with one attached hydrogen (secondary N) is 2. The topological polar surface area (TPSA) is 41.1 Å². The fourth-order valence-electron chi connectivity index (χ4n) is 3.84.